The van der Waals surface area contributed by atoms with E-state index in [2.05, 4.69) is 16.1 Å². The number of hydrogen-bond donors (Lipinski definition) is 1. The van der Waals surface area contributed by atoms with Crippen molar-refractivity contribution in [3.8, 4) is 17.2 Å². The predicted molar refractivity (Wildman–Crippen MR) is 88.1 cm³/mol. The Bertz CT molecular complexity index is 746. The highest BCUT2D eigenvalue weighted by Crippen LogP contribution is 2.21. The first-order chi connectivity index (χ1) is 11.6. The van der Waals surface area contributed by atoms with Gasteiger partial charge in [-0.1, -0.05) is 24.3 Å². The van der Waals surface area contributed by atoms with Crippen LogP contribution in [0.4, 0.5) is 5.69 Å². The molecule has 0 aromatic heterocycles. The molecule has 1 N–H and O–H groups in total. The molecule has 0 heterocycles. The molecule has 6 heteroatoms. The fraction of sp³-hybridized carbons (Fsp3) is 0.167. The summed E-state index contributed by atoms with van der Waals surface area (Å²) in [4.78, 5) is 22.6. The number of nitriles is 1. The number of rotatable bonds is 6. The lowest BCUT2D eigenvalue weighted by molar-refractivity contribution is -0.146. The maximum absolute atomic E-state index is 11.7. The number of carbonyl (C=O) groups excluding carboxylic acids is 2. The van der Waals surface area contributed by atoms with Crippen molar-refractivity contribution in [3.05, 3.63) is 54.1 Å². The van der Waals surface area contributed by atoms with Crippen molar-refractivity contribution in [1.29, 1.82) is 5.26 Å². The van der Waals surface area contributed by atoms with Gasteiger partial charge in [-0.15, -0.1) is 0 Å². The summed E-state index contributed by atoms with van der Waals surface area (Å²) in [6.07, 6.45) is 0. The van der Waals surface area contributed by atoms with Gasteiger partial charge in [0.05, 0.1) is 18.7 Å². The van der Waals surface area contributed by atoms with Crippen molar-refractivity contribution in [3.63, 3.8) is 0 Å². The standard InChI is InChI=1S/C18H16N2O4/c1-23-18(22)12-24-11-17(21)20-16-8-6-15(7-9-16)14-4-2-13(10-19)3-5-14/h2-9H,11-12H2,1H3,(H,20,21). The molecule has 0 bridgehead atoms. The van der Waals surface area contributed by atoms with Gasteiger partial charge in [-0.05, 0) is 35.4 Å². The lowest BCUT2D eigenvalue weighted by Crippen LogP contribution is -2.21. The topological polar surface area (TPSA) is 88.4 Å². The van der Waals surface area contributed by atoms with Crippen LogP contribution in [0.25, 0.3) is 11.1 Å². The Hall–Kier alpha value is -3.17. The Morgan fingerprint density at radius 3 is 2.12 bits per heavy atom. The van der Waals surface area contributed by atoms with Gasteiger partial charge in [0.15, 0.2) is 0 Å². The summed E-state index contributed by atoms with van der Waals surface area (Å²) in [7, 11) is 1.25. The molecular weight excluding hydrogens is 308 g/mol. The molecule has 2 aromatic rings. The second kappa shape index (κ2) is 8.46. The summed E-state index contributed by atoms with van der Waals surface area (Å²) in [5.41, 5.74) is 3.18. The summed E-state index contributed by atoms with van der Waals surface area (Å²) in [6, 6.07) is 16.6. The molecule has 0 unspecified atom stereocenters. The number of nitrogens with zero attached hydrogens (tertiary/aromatic N) is 1. The summed E-state index contributed by atoms with van der Waals surface area (Å²) >= 11 is 0. The minimum absolute atomic E-state index is 0.230. The number of ether oxygens (including phenoxy) is 2. The Morgan fingerprint density at radius 2 is 1.58 bits per heavy atom. The maximum atomic E-state index is 11.7. The minimum atomic E-state index is -0.533. The third-order valence-electron chi connectivity index (χ3n) is 3.20. The van der Waals surface area contributed by atoms with E-state index in [1.54, 1.807) is 24.3 Å². The van der Waals surface area contributed by atoms with Gasteiger partial charge < -0.3 is 14.8 Å². The van der Waals surface area contributed by atoms with Crippen LogP contribution in [0.1, 0.15) is 5.56 Å². The molecule has 2 aromatic carbocycles. The number of esters is 1. The molecule has 0 saturated heterocycles. The zero-order valence-electron chi connectivity index (χ0n) is 13.1. The van der Waals surface area contributed by atoms with Gasteiger partial charge in [-0.25, -0.2) is 4.79 Å². The number of anilines is 1. The predicted octanol–water partition coefficient (Wildman–Crippen LogP) is 2.35. The van der Waals surface area contributed by atoms with Gasteiger partial charge in [0.25, 0.3) is 0 Å². The Morgan fingerprint density at radius 1 is 1.00 bits per heavy atom. The highest BCUT2D eigenvalue weighted by atomic mass is 16.6. The summed E-state index contributed by atoms with van der Waals surface area (Å²) in [5, 5.41) is 11.5. The average Bonchev–Trinajstić information content (AvgIpc) is 2.62. The van der Waals surface area contributed by atoms with Gasteiger partial charge in [-0.2, -0.15) is 5.26 Å². The molecule has 2 rings (SSSR count). The zero-order valence-corrected chi connectivity index (χ0v) is 13.1. The highest BCUT2D eigenvalue weighted by Gasteiger charge is 2.06. The molecule has 24 heavy (non-hydrogen) atoms. The molecule has 0 aliphatic rings. The molecule has 6 nitrogen and oxygen atoms in total. The average molecular weight is 324 g/mol. The van der Waals surface area contributed by atoms with E-state index in [0.717, 1.165) is 11.1 Å². The van der Waals surface area contributed by atoms with Crippen molar-refractivity contribution in [2.24, 2.45) is 0 Å². The molecule has 122 valence electrons. The molecular formula is C18H16N2O4. The van der Waals surface area contributed by atoms with Crippen LogP contribution in [-0.4, -0.2) is 32.2 Å². The zero-order chi connectivity index (χ0) is 17.4. The Kier molecular flexibility index (Phi) is 6.06. The second-order valence-corrected chi connectivity index (χ2v) is 4.88. The quantitative estimate of drug-likeness (QED) is 0.824. The molecule has 0 saturated carbocycles. The third kappa shape index (κ3) is 4.93. The SMILES string of the molecule is COC(=O)COCC(=O)Nc1ccc(-c2ccc(C#N)cc2)cc1. The fourth-order valence-electron chi connectivity index (χ4n) is 1.97. The first kappa shape index (κ1) is 17.2. The van der Waals surface area contributed by atoms with E-state index >= 15 is 0 Å². The van der Waals surface area contributed by atoms with E-state index in [0.29, 0.717) is 11.3 Å². The number of carbonyl (C=O) groups is 2. The van der Waals surface area contributed by atoms with Crippen molar-refractivity contribution in [2.75, 3.05) is 25.6 Å². The number of nitrogens with one attached hydrogen (secondary N) is 1. The molecule has 0 aliphatic carbocycles. The number of amides is 1. The fourth-order valence-corrected chi connectivity index (χ4v) is 1.97. The van der Waals surface area contributed by atoms with Crippen molar-refractivity contribution in [2.45, 2.75) is 0 Å². The van der Waals surface area contributed by atoms with Crippen LogP contribution in [0.5, 0.6) is 0 Å². The number of methoxy groups -OCH3 is 1. The van der Waals surface area contributed by atoms with E-state index in [4.69, 9.17) is 10.00 Å². The lowest BCUT2D eigenvalue weighted by atomic mass is 10.0. The number of hydrogen-bond acceptors (Lipinski definition) is 5. The smallest absolute Gasteiger partial charge is 0.331 e. The van der Waals surface area contributed by atoms with Gasteiger partial charge >= 0.3 is 5.97 Å². The van der Waals surface area contributed by atoms with Gasteiger partial charge in [0.2, 0.25) is 5.91 Å². The summed E-state index contributed by atoms with van der Waals surface area (Å²) in [6.45, 7) is -0.492. The molecule has 0 spiro atoms. The van der Waals surface area contributed by atoms with E-state index in [-0.39, 0.29) is 19.1 Å². The van der Waals surface area contributed by atoms with Gasteiger partial charge in [0.1, 0.15) is 13.2 Å². The first-order valence-corrected chi connectivity index (χ1v) is 7.17. The Balaban J connectivity index is 1.90. The van der Waals surface area contributed by atoms with Crippen LogP contribution in [0.15, 0.2) is 48.5 Å². The number of benzene rings is 2. The monoisotopic (exact) mass is 324 g/mol. The lowest BCUT2D eigenvalue weighted by Gasteiger charge is -2.07. The van der Waals surface area contributed by atoms with Crippen LogP contribution < -0.4 is 5.32 Å². The van der Waals surface area contributed by atoms with Crippen molar-refractivity contribution < 1.29 is 19.1 Å². The van der Waals surface area contributed by atoms with Crippen LogP contribution in [-0.2, 0) is 19.1 Å². The summed E-state index contributed by atoms with van der Waals surface area (Å²) < 4.78 is 9.33. The van der Waals surface area contributed by atoms with E-state index < -0.39 is 5.97 Å². The van der Waals surface area contributed by atoms with Crippen molar-refractivity contribution in [1.82, 2.24) is 0 Å². The molecule has 0 aliphatic heterocycles. The molecule has 0 atom stereocenters. The van der Waals surface area contributed by atoms with Crippen LogP contribution in [0, 0.1) is 11.3 Å². The van der Waals surface area contributed by atoms with Crippen LogP contribution in [0.3, 0.4) is 0 Å². The summed E-state index contributed by atoms with van der Waals surface area (Å²) in [5.74, 6) is -0.889. The van der Waals surface area contributed by atoms with E-state index in [1.165, 1.54) is 7.11 Å². The van der Waals surface area contributed by atoms with Gasteiger partial charge in [-0.3, -0.25) is 4.79 Å². The normalized spacial score (nSPS) is 9.83. The Labute approximate surface area is 139 Å². The van der Waals surface area contributed by atoms with E-state index in [9.17, 15) is 9.59 Å². The first-order valence-electron chi connectivity index (χ1n) is 7.17. The molecule has 0 radical (unpaired) electrons. The second-order valence-electron chi connectivity index (χ2n) is 4.88. The van der Waals surface area contributed by atoms with Crippen LogP contribution in [0.2, 0.25) is 0 Å². The van der Waals surface area contributed by atoms with E-state index in [1.807, 2.05) is 24.3 Å². The molecule has 1 amide bonds. The largest absolute Gasteiger partial charge is 0.467 e. The third-order valence-corrected chi connectivity index (χ3v) is 3.20. The highest BCUT2D eigenvalue weighted by molar-refractivity contribution is 5.92. The van der Waals surface area contributed by atoms with Gasteiger partial charge in [0, 0.05) is 5.69 Å². The van der Waals surface area contributed by atoms with Crippen molar-refractivity contribution >= 4 is 17.6 Å². The van der Waals surface area contributed by atoms with Crippen LogP contribution >= 0.6 is 0 Å². The molecule has 0 fully saturated rings. The minimum Gasteiger partial charge on any atom is -0.467 e. The maximum Gasteiger partial charge on any atom is 0.331 e.